The molecule has 92 valence electrons. The first-order valence-electron chi connectivity index (χ1n) is 5.95. The summed E-state index contributed by atoms with van der Waals surface area (Å²) >= 11 is 0. The van der Waals surface area contributed by atoms with Crippen molar-refractivity contribution >= 4 is 12.0 Å². The normalized spacial score (nSPS) is 14.4. The van der Waals surface area contributed by atoms with Crippen molar-refractivity contribution in [2.75, 3.05) is 11.4 Å². The topological polar surface area (TPSA) is 51.0 Å². The number of carbonyl (C=O) groups is 1. The zero-order chi connectivity index (χ0) is 12.5. The Kier molecular flexibility index (Phi) is 2.59. The Morgan fingerprint density at radius 2 is 2.22 bits per heavy atom. The number of nitrogens with zero attached hydrogens (tertiary/aromatic N) is 4. The Hall–Kier alpha value is -2.17. The number of rotatable bonds is 2. The van der Waals surface area contributed by atoms with E-state index in [1.54, 1.807) is 6.33 Å². The molecule has 3 rings (SSSR count). The quantitative estimate of drug-likeness (QED) is 0.747. The van der Waals surface area contributed by atoms with Crippen molar-refractivity contribution in [3.8, 4) is 0 Å². The van der Waals surface area contributed by atoms with Crippen molar-refractivity contribution < 1.29 is 4.79 Å². The largest absolute Gasteiger partial charge is 0.362 e. The van der Waals surface area contributed by atoms with Crippen LogP contribution in [0.3, 0.4) is 0 Å². The van der Waals surface area contributed by atoms with Crippen LogP contribution < -0.4 is 4.90 Å². The van der Waals surface area contributed by atoms with E-state index in [-0.39, 0.29) is 0 Å². The molecule has 1 aliphatic rings. The van der Waals surface area contributed by atoms with Gasteiger partial charge in [-0.05, 0) is 19.1 Å². The second kappa shape index (κ2) is 4.25. The molecular weight excluding hydrogens is 228 g/mol. The lowest BCUT2D eigenvalue weighted by Crippen LogP contribution is -2.34. The molecule has 0 unspecified atom stereocenters. The van der Waals surface area contributed by atoms with Crippen LogP contribution in [0.15, 0.2) is 24.5 Å². The van der Waals surface area contributed by atoms with Gasteiger partial charge < -0.3 is 9.47 Å². The van der Waals surface area contributed by atoms with Crippen LogP contribution in [0.5, 0.6) is 0 Å². The fourth-order valence-corrected chi connectivity index (χ4v) is 2.33. The molecule has 0 bridgehead atoms. The van der Waals surface area contributed by atoms with Crippen LogP contribution in [0.25, 0.3) is 0 Å². The van der Waals surface area contributed by atoms with Gasteiger partial charge in [0, 0.05) is 24.3 Å². The van der Waals surface area contributed by atoms with Crippen LogP contribution >= 0.6 is 0 Å². The van der Waals surface area contributed by atoms with Gasteiger partial charge in [-0.2, -0.15) is 0 Å². The van der Waals surface area contributed by atoms with E-state index >= 15 is 0 Å². The third-order valence-electron chi connectivity index (χ3n) is 3.29. The molecule has 2 aromatic rings. The molecule has 0 N–H and O–H groups in total. The number of aromatic nitrogens is 3. The average molecular weight is 242 g/mol. The summed E-state index contributed by atoms with van der Waals surface area (Å²) in [7, 11) is 0. The van der Waals surface area contributed by atoms with E-state index in [1.165, 1.54) is 0 Å². The Labute approximate surface area is 105 Å². The summed E-state index contributed by atoms with van der Waals surface area (Å²) < 4.78 is 2.05. The number of benzene rings is 1. The van der Waals surface area contributed by atoms with Crippen molar-refractivity contribution in [2.24, 2.45) is 0 Å². The van der Waals surface area contributed by atoms with Crippen molar-refractivity contribution in [3.63, 3.8) is 0 Å². The summed E-state index contributed by atoms with van der Waals surface area (Å²) in [6.45, 7) is 4.41. The predicted octanol–water partition coefficient (Wildman–Crippen LogP) is 1.42. The van der Waals surface area contributed by atoms with Crippen molar-refractivity contribution in [1.82, 2.24) is 14.8 Å². The van der Waals surface area contributed by atoms with Crippen LogP contribution in [0, 0.1) is 6.92 Å². The van der Waals surface area contributed by atoms with Crippen molar-refractivity contribution in [1.29, 1.82) is 0 Å². The van der Waals surface area contributed by atoms with E-state index in [2.05, 4.69) is 15.1 Å². The monoisotopic (exact) mass is 242 g/mol. The molecule has 0 amide bonds. The molecule has 5 heteroatoms. The van der Waals surface area contributed by atoms with Crippen molar-refractivity contribution in [3.05, 3.63) is 41.5 Å². The third kappa shape index (κ3) is 1.77. The van der Waals surface area contributed by atoms with E-state index in [9.17, 15) is 4.79 Å². The summed E-state index contributed by atoms with van der Waals surface area (Å²) in [5, 5.41) is 7.99. The van der Waals surface area contributed by atoms with Gasteiger partial charge in [-0.25, -0.2) is 0 Å². The molecule has 1 aliphatic heterocycles. The molecule has 0 saturated carbocycles. The molecule has 0 fully saturated rings. The Morgan fingerprint density at radius 3 is 3.06 bits per heavy atom. The standard InChI is InChI=1S/C13H14N4O/c1-10-2-3-12(11(6-10)8-18)16-4-5-17-9-14-15-13(17)7-16/h2-3,6,8-9H,4-5,7H2,1H3. The smallest absolute Gasteiger partial charge is 0.152 e. The number of fused-ring (bicyclic) bond motifs is 1. The first-order chi connectivity index (χ1) is 8.78. The maximum atomic E-state index is 11.2. The average Bonchev–Trinajstić information content (AvgIpc) is 2.85. The SMILES string of the molecule is Cc1ccc(N2CCn3cnnc3C2)c(C=O)c1. The van der Waals surface area contributed by atoms with Gasteiger partial charge in [0.05, 0.1) is 6.54 Å². The Bertz CT molecular complexity index is 590. The van der Waals surface area contributed by atoms with Gasteiger partial charge in [-0.3, -0.25) is 4.79 Å². The van der Waals surface area contributed by atoms with Gasteiger partial charge in [-0.1, -0.05) is 11.6 Å². The molecule has 18 heavy (non-hydrogen) atoms. The predicted molar refractivity (Wildman–Crippen MR) is 67.6 cm³/mol. The number of hydrogen-bond donors (Lipinski definition) is 0. The molecule has 5 nitrogen and oxygen atoms in total. The van der Waals surface area contributed by atoms with Crippen LogP contribution in [0.2, 0.25) is 0 Å². The summed E-state index contributed by atoms with van der Waals surface area (Å²) in [4.78, 5) is 13.3. The van der Waals surface area contributed by atoms with Crippen LogP contribution in [0.4, 0.5) is 5.69 Å². The first-order valence-corrected chi connectivity index (χ1v) is 5.95. The fourth-order valence-electron chi connectivity index (χ4n) is 2.33. The maximum Gasteiger partial charge on any atom is 0.152 e. The summed E-state index contributed by atoms with van der Waals surface area (Å²) in [5.41, 5.74) is 2.81. The highest BCUT2D eigenvalue weighted by Crippen LogP contribution is 2.24. The minimum absolute atomic E-state index is 0.698. The fraction of sp³-hybridized carbons (Fsp3) is 0.308. The third-order valence-corrected chi connectivity index (χ3v) is 3.29. The van der Waals surface area contributed by atoms with E-state index in [4.69, 9.17) is 0 Å². The van der Waals surface area contributed by atoms with E-state index in [0.717, 1.165) is 42.0 Å². The van der Waals surface area contributed by atoms with Gasteiger partial charge in [-0.15, -0.1) is 10.2 Å². The Balaban J connectivity index is 1.95. The van der Waals surface area contributed by atoms with E-state index in [0.29, 0.717) is 6.54 Å². The summed E-state index contributed by atoms with van der Waals surface area (Å²) in [5.74, 6) is 0.943. The molecule has 1 aromatic carbocycles. The number of aryl methyl sites for hydroxylation is 1. The van der Waals surface area contributed by atoms with Gasteiger partial charge in [0.1, 0.15) is 6.33 Å². The Morgan fingerprint density at radius 1 is 1.33 bits per heavy atom. The van der Waals surface area contributed by atoms with E-state index in [1.807, 2.05) is 29.7 Å². The molecule has 0 radical (unpaired) electrons. The van der Waals surface area contributed by atoms with Gasteiger partial charge >= 0.3 is 0 Å². The minimum atomic E-state index is 0.698. The zero-order valence-electron chi connectivity index (χ0n) is 10.2. The molecule has 0 spiro atoms. The lowest BCUT2D eigenvalue weighted by molar-refractivity contribution is 0.112. The number of aldehydes is 1. The van der Waals surface area contributed by atoms with Gasteiger partial charge in [0.15, 0.2) is 12.1 Å². The summed E-state index contributed by atoms with van der Waals surface area (Å²) in [6.07, 6.45) is 2.67. The van der Waals surface area contributed by atoms with Crippen LogP contribution in [0.1, 0.15) is 21.7 Å². The lowest BCUT2D eigenvalue weighted by atomic mass is 10.1. The molecule has 2 heterocycles. The zero-order valence-corrected chi connectivity index (χ0v) is 10.2. The molecular formula is C13H14N4O. The van der Waals surface area contributed by atoms with Crippen LogP contribution in [-0.4, -0.2) is 27.6 Å². The highest BCUT2D eigenvalue weighted by atomic mass is 16.1. The highest BCUT2D eigenvalue weighted by Gasteiger charge is 2.19. The van der Waals surface area contributed by atoms with Crippen molar-refractivity contribution in [2.45, 2.75) is 20.0 Å². The van der Waals surface area contributed by atoms with Gasteiger partial charge in [0.25, 0.3) is 0 Å². The maximum absolute atomic E-state index is 11.2. The lowest BCUT2D eigenvalue weighted by Gasteiger charge is -2.30. The van der Waals surface area contributed by atoms with Crippen LogP contribution in [-0.2, 0) is 13.1 Å². The minimum Gasteiger partial charge on any atom is -0.362 e. The number of anilines is 1. The second-order valence-electron chi connectivity index (χ2n) is 4.54. The summed E-state index contributed by atoms with van der Waals surface area (Å²) in [6, 6.07) is 5.95. The van der Waals surface area contributed by atoms with E-state index < -0.39 is 0 Å². The molecule has 0 aliphatic carbocycles. The number of hydrogen-bond acceptors (Lipinski definition) is 4. The number of carbonyl (C=O) groups excluding carboxylic acids is 1. The second-order valence-corrected chi connectivity index (χ2v) is 4.54. The molecule has 0 atom stereocenters. The molecule has 0 saturated heterocycles. The highest BCUT2D eigenvalue weighted by molar-refractivity contribution is 5.85. The molecule has 1 aromatic heterocycles. The first kappa shape index (κ1) is 11.0. The van der Waals surface area contributed by atoms with Gasteiger partial charge in [0.2, 0.25) is 0 Å².